The van der Waals surface area contributed by atoms with E-state index < -0.39 is 17.8 Å². The highest BCUT2D eigenvalue weighted by molar-refractivity contribution is 9.10. The molecule has 7 heteroatoms. The van der Waals surface area contributed by atoms with Gasteiger partial charge in [0.15, 0.2) is 6.61 Å². The van der Waals surface area contributed by atoms with Crippen LogP contribution in [-0.2, 0) is 25.5 Å². The monoisotopic (exact) mass is 458 g/mol. The topological polar surface area (TPSA) is 75.7 Å². The van der Waals surface area contributed by atoms with Crippen molar-refractivity contribution in [1.29, 1.82) is 0 Å². The zero-order chi connectivity index (χ0) is 20.8. The average molecular weight is 459 g/mol. The van der Waals surface area contributed by atoms with E-state index in [1.54, 1.807) is 11.0 Å². The molecule has 0 radical (unpaired) electrons. The first-order valence-corrected chi connectivity index (χ1v) is 10.3. The van der Waals surface area contributed by atoms with Crippen molar-refractivity contribution in [2.45, 2.75) is 19.8 Å². The van der Waals surface area contributed by atoms with E-state index in [1.165, 1.54) is 0 Å². The zero-order valence-electron chi connectivity index (χ0n) is 16.2. The van der Waals surface area contributed by atoms with Crippen LogP contribution in [0.15, 0.2) is 53.0 Å². The molecule has 2 aromatic carbocycles. The summed E-state index contributed by atoms with van der Waals surface area (Å²) in [5, 5.41) is 2.70. The van der Waals surface area contributed by atoms with Crippen LogP contribution >= 0.6 is 15.9 Å². The lowest BCUT2D eigenvalue weighted by Gasteiger charge is -2.16. The highest BCUT2D eigenvalue weighted by Crippen LogP contribution is 2.21. The normalized spacial score (nSPS) is 16.0. The van der Waals surface area contributed by atoms with Crippen molar-refractivity contribution in [2.75, 3.05) is 25.0 Å². The highest BCUT2D eigenvalue weighted by Gasteiger charge is 2.35. The Morgan fingerprint density at radius 2 is 1.97 bits per heavy atom. The van der Waals surface area contributed by atoms with Crippen molar-refractivity contribution in [3.63, 3.8) is 0 Å². The molecule has 1 atom stereocenters. The predicted octanol–water partition coefficient (Wildman–Crippen LogP) is 3.33. The van der Waals surface area contributed by atoms with Gasteiger partial charge in [-0.15, -0.1) is 0 Å². The van der Waals surface area contributed by atoms with E-state index in [0.717, 1.165) is 22.0 Å². The van der Waals surface area contributed by atoms with Crippen molar-refractivity contribution >= 4 is 39.4 Å². The Kier molecular flexibility index (Phi) is 7.04. The molecule has 0 aromatic heterocycles. The maximum atomic E-state index is 12.3. The van der Waals surface area contributed by atoms with E-state index >= 15 is 0 Å². The molecule has 1 saturated heterocycles. The molecule has 1 heterocycles. The van der Waals surface area contributed by atoms with Crippen molar-refractivity contribution in [3.8, 4) is 0 Å². The van der Waals surface area contributed by atoms with Gasteiger partial charge in [0.25, 0.3) is 5.91 Å². The molecule has 29 heavy (non-hydrogen) atoms. The molecule has 1 aliphatic rings. The van der Waals surface area contributed by atoms with Gasteiger partial charge in [0.05, 0.1) is 5.92 Å². The summed E-state index contributed by atoms with van der Waals surface area (Å²) in [4.78, 5) is 38.2. The summed E-state index contributed by atoms with van der Waals surface area (Å²) in [5.74, 6) is -1.51. The van der Waals surface area contributed by atoms with E-state index in [-0.39, 0.29) is 18.9 Å². The summed E-state index contributed by atoms with van der Waals surface area (Å²) in [6.07, 6.45) is 0.866. The lowest BCUT2D eigenvalue weighted by atomic mass is 10.1. The largest absolute Gasteiger partial charge is 0.455 e. The lowest BCUT2D eigenvalue weighted by molar-refractivity contribution is -0.151. The van der Waals surface area contributed by atoms with E-state index in [4.69, 9.17) is 4.74 Å². The van der Waals surface area contributed by atoms with Crippen LogP contribution in [-0.4, -0.2) is 42.4 Å². The fraction of sp³-hybridized carbons (Fsp3) is 0.318. The molecular weight excluding hydrogens is 436 g/mol. The molecule has 2 amide bonds. The molecule has 0 saturated carbocycles. The minimum Gasteiger partial charge on any atom is -0.455 e. The number of likely N-dealkylation sites (tertiary alicyclic amines) is 1. The number of hydrogen-bond acceptors (Lipinski definition) is 4. The van der Waals surface area contributed by atoms with Crippen LogP contribution < -0.4 is 5.32 Å². The maximum Gasteiger partial charge on any atom is 0.311 e. The third-order valence-corrected chi connectivity index (χ3v) is 5.74. The summed E-state index contributed by atoms with van der Waals surface area (Å²) in [6, 6.07) is 15.3. The van der Waals surface area contributed by atoms with E-state index in [1.807, 2.05) is 49.4 Å². The molecule has 1 aliphatic heterocycles. The summed E-state index contributed by atoms with van der Waals surface area (Å²) in [5.41, 5.74) is 2.76. The molecule has 0 spiro atoms. The van der Waals surface area contributed by atoms with Gasteiger partial charge in [-0.3, -0.25) is 14.4 Å². The van der Waals surface area contributed by atoms with Crippen LogP contribution in [0.25, 0.3) is 0 Å². The predicted molar refractivity (Wildman–Crippen MR) is 113 cm³/mol. The summed E-state index contributed by atoms with van der Waals surface area (Å²) in [7, 11) is 0. The molecule has 0 unspecified atom stereocenters. The van der Waals surface area contributed by atoms with E-state index in [9.17, 15) is 14.4 Å². The van der Waals surface area contributed by atoms with Gasteiger partial charge in [-0.1, -0.05) is 46.3 Å². The van der Waals surface area contributed by atoms with Crippen molar-refractivity contribution < 1.29 is 19.1 Å². The van der Waals surface area contributed by atoms with Gasteiger partial charge in [-0.2, -0.15) is 0 Å². The number of ether oxygens (including phenoxy) is 1. The van der Waals surface area contributed by atoms with Gasteiger partial charge < -0.3 is 15.0 Å². The number of carbonyl (C=O) groups excluding carboxylic acids is 3. The first-order valence-electron chi connectivity index (χ1n) is 9.46. The molecular formula is C22H23BrN2O4. The molecule has 3 rings (SSSR count). The minimum absolute atomic E-state index is 0.0577. The van der Waals surface area contributed by atoms with Gasteiger partial charge >= 0.3 is 5.97 Å². The molecule has 0 bridgehead atoms. The number of esters is 1. The van der Waals surface area contributed by atoms with Gasteiger partial charge in [0.2, 0.25) is 5.91 Å². The number of nitrogens with zero attached hydrogens (tertiary/aromatic N) is 1. The number of amides is 2. The number of rotatable bonds is 7. The second-order valence-electron chi connectivity index (χ2n) is 7.10. The molecule has 6 nitrogen and oxygen atoms in total. The summed E-state index contributed by atoms with van der Waals surface area (Å²) >= 11 is 3.40. The summed E-state index contributed by atoms with van der Waals surface area (Å²) in [6.45, 7) is 2.44. The van der Waals surface area contributed by atoms with Crippen LogP contribution in [0.4, 0.5) is 5.69 Å². The zero-order valence-corrected chi connectivity index (χ0v) is 17.8. The van der Waals surface area contributed by atoms with Gasteiger partial charge in [0.1, 0.15) is 0 Å². The fourth-order valence-corrected chi connectivity index (χ4v) is 3.48. The Balaban J connectivity index is 1.43. The molecule has 2 aromatic rings. The van der Waals surface area contributed by atoms with Crippen molar-refractivity contribution in [3.05, 3.63) is 64.1 Å². The number of carbonyl (C=O) groups is 3. The number of aryl methyl sites for hydroxylation is 1. The molecule has 1 N–H and O–H groups in total. The number of nitrogens with one attached hydrogen (secondary N) is 1. The highest BCUT2D eigenvalue weighted by atomic mass is 79.9. The Morgan fingerprint density at radius 3 is 2.69 bits per heavy atom. The molecule has 0 aliphatic carbocycles. The third-order valence-electron chi connectivity index (χ3n) is 4.85. The lowest BCUT2D eigenvalue weighted by Crippen LogP contribution is -2.29. The van der Waals surface area contributed by atoms with Crippen LogP contribution in [0.3, 0.4) is 0 Å². The second kappa shape index (κ2) is 9.69. The third kappa shape index (κ3) is 5.90. The van der Waals surface area contributed by atoms with Crippen LogP contribution in [0, 0.1) is 12.8 Å². The minimum atomic E-state index is -0.527. The Bertz CT molecular complexity index is 901. The standard InChI is InChI=1S/C22H23BrN2O4/c1-15-11-18(7-8-19(15)23)24-20(26)14-29-22(28)17-12-21(27)25(13-17)10-9-16-5-3-2-4-6-16/h2-8,11,17H,9-10,12-14H2,1H3,(H,24,26)/t17-/m1/s1. The SMILES string of the molecule is Cc1cc(NC(=O)COC(=O)[C@@H]2CC(=O)N(CCc3ccccc3)C2)ccc1Br. The number of hydrogen-bond donors (Lipinski definition) is 1. The number of benzene rings is 2. The van der Waals surface area contributed by atoms with Gasteiger partial charge in [0, 0.05) is 29.7 Å². The molecule has 1 fully saturated rings. The van der Waals surface area contributed by atoms with Gasteiger partial charge in [-0.05, 0) is 42.7 Å². The van der Waals surface area contributed by atoms with E-state index in [2.05, 4.69) is 21.2 Å². The quantitative estimate of drug-likeness (QED) is 0.645. The number of anilines is 1. The second-order valence-corrected chi connectivity index (χ2v) is 7.95. The van der Waals surface area contributed by atoms with Crippen molar-refractivity contribution in [1.82, 2.24) is 4.90 Å². The first-order chi connectivity index (χ1) is 13.9. The van der Waals surface area contributed by atoms with Gasteiger partial charge in [-0.25, -0.2) is 0 Å². The van der Waals surface area contributed by atoms with Crippen LogP contribution in [0.1, 0.15) is 17.5 Å². The Labute approximate surface area is 178 Å². The van der Waals surface area contributed by atoms with Crippen LogP contribution in [0.2, 0.25) is 0 Å². The number of halogens is 1. The smallest absolute Gasteiger partial charge is 0.311 e. The van der Waals surface area contributed by atoms with Crippen LogP contribution in [0.5, 0.6) is 0 Å². The van der Waals surface area contributed by atoms with E-state index in [0.29, 0.717) is 18.8 Å². The average Bonchev–Trinajstić information content (AvgIpc) is 3.09. The Hall–Kier alpha value is -2.67. The molecule has 152 valence electrons. The first kappa shape index (κ1) is 21.0. The fourth-order valence-electron chi connectivity index (χ4n) is 3.23. The summed E-state index contributed by atoms with van der Waals surface area (Å²) < 4.78 is 6.08. The van der Waals surface area contributed by atoms with Crippen molar-refractivity contribution in [2.24, 2.45) is 5.92 Å². The Morgan fingerprint density at radius 1 is 1.21 bits per heavy atom. The maximum absolute atomic E-state index is 12.3.